The lowest BCUT2D eigenvalue weighted by atomic mass is 10.1. The lowest BCUT2D eigenvalue weighted by Crippen LogP contribution is -2.36. The van der Waals surface area contributed by atoms with E-state index in [1.165, 1.54) is 10.6 Å². The van der Waals surface area contributed by atoms with Gasteiger partial charge in [0, 0.05) is 25.2 Å². The van der Waals surface area contributed by atoms with Gasteiger partial charge in [0.15, 0.2) is 0 Å². The normalized spacial score (nSPS) is 11.2. The maximum Gasteiger partial charge on any atom is 0.232 e. The molecule has 0 heterocycles. The fourth-order valence-corrected chi connectivity index (χ4v) is 3.75. The number of para-hydroxylation sites is 1. The maximum atomic E-state index is 12.6. The zero-order valence-corrected chi connectivity index (χ0v) is 16.4. The number of rotatable bonds is 8. The summed E-state index contributed by atoms with van der Waals surface area (Å²) in [5, 5.41) is 0. The minimum atomic E-state index is -3.47. The molecule has 0 fully saturated rings. The summed E-state index contributed by atoms with van der Waals surface area (Å²) in [7, 11) is -3.47. The quantitative estimate of drug-likeness (QED) is 0.711. The lowest BCUT2D eigenvalue weighted by Gasteiger charge is -2.25. The molecule has 0 N–H and O–H groups in total. The first-order valence-corrected chi connectivity index (χ1v) is 10.6. The number of hydrogen-bond acceptors (Lipinski definition) is 3. The van der Waals surface area contributed by atoms with Crippen LogP contribution in [0.3, 0.4) is 0 Å². The number of sulfonamides is 1. The molecule has 2 rings (SSSR count). The maximum absolute atomic E-state index is 12.6. The molecule has 0 spiro atoms. The summed E-state index contributed by atoms with van der Waals surface area (Å²) in [6, 6.07) is 16.8. The molecule has 5 nitrogen and oxygen atoms in total. The molecule has 0 radical (unpaired) electrons. The molecule has 0 aliphatic heterocycles. The van der Waals surface area contributed by atoms with Crippen molar-refractivity contribution in [1.29, 1.82) is 0 Å². The van der Waals surface area contributed by atoms with Gasteiger partial charge >= 0.3 is 0 Å². The Labute approximate surface area is 156 Å². The van der Waals surface area contributed by atoms with Gasteiger partial charge in [-0.2, -0.15) is 0 Å². The largest absolute Gasteiger partial charge is 0.313 e. The molecule has 1 amide bonds. The summed E-state index contributed by atoms with van der Waals surface area (Å²) in [6.45, 7) is 4.60. The van der Waals surface area contributed by atoms with Gasteiger partial charge in [-0.1, -0.05) is 37.3 Å². The van der Waals surface area contributed by atoms with Crippen molar-refractivity contribution >= 4 is 27.3 Å². The second-order valence-electron chi connectivity index (χ2n) is 6.08. The zero-order chi connectivity index (χ0) is 19.2. The van der Waals surface area contributed by atoms with Gasteiger partial charge in [-0.3, -0.25) is 9.10 Å². The van der Waals surface area contributed by atoms with Gasteiger partial charge < -0.3 is 4.90 Å². The second-order valence-corrected chi connectivity index (χ2v) is 7.99. The van der Waals surface area contributed by atoms with E-state index in [4.69, 9.17) is 0 Å². The first-order chi connectivity index (χ1) is 12.4. The van der Waals surface area contributed by atoms with E-state index in [1.807, 2.05) is 56.3 Å². The predicted molar refractivity (Wildman–Crippen MR) is 107 cm³/mol. The molecule has 140 valence electrons. The van der Waals surface area contributed by atoms with Crippen LogP contribution in [0.25, 0.3) is 0 Å². The molecule has 0 aliphatic carbocycles. The van der Waals surface area contributed by atoms with Crippen LogP contribution in [0.2, 0.25) is 0 Å². The minimum absolute atomic E-state index is 0.0995. The average molecular weight is 375 g/mol. The molecule has 0 aromatic heterocycles. The Bertz CT molecular complexity index is 818. The highest BCUT2D eigenvalue weighted by atomic mass is 32.2. The fraction of sp³-hybridized carbons (Fsp3) is 0.350. The van der Waals surface area contributed by atoms with Crippen LogP contribution in [0.1, 0.15) is 25.8 Å². The molecule has 0 atom stereocenters. The number of anilines is 2. The molecular formula is C20H26N2O3S. The number of benzene rings is 2. The molecule has 0 bridgehead atoms. The van der Waals surface area contributed by atoms with Gasteiger partial charge in [-0.25, -0.2) is 8.42 Å². The van der Waals surface area contributed by atoms with Gasteiger partial charge in [-0.15, -0.1) is 0 Å². The van der Waals surface area contributed by atoms with Crippen LogP contribution in [0.5, 0.6) is 0 Å². The fourth-order valence-electron chi connectivity index (χ4n) is 2.83. The van der Waals surface area contributed by atoms with Crippen LogP contribution in [-0.2, 0) is 21.2 Å². The molecule has 2 aromatic rings. The molecule has 0 saturated heterocycles. The van der Waals surface area contributed by atoms with E-state index >= 15 is 0 Å². The first-order valence-electron chi connectivity index (χ1n) is 8.78. The van der Waals surface area contributed by atoms with Crippen LogP contribution in [0, 0.1) is 0 Å². The van der Waals surface area contributed by atoms with Crippen molar-refractivity contribution in [3.63, 3.8) is 0 Å². The third-order valence-electron chi connectivity index (χ3n) is 4.25. The Balaban J connectivity index is 2.15. The van der Waals surface area contributed by atoms with Crippen molar-refractivity contribution in [1.82, 2.24) is 0 Å². The summed E-state index contributed by atoms with van der Waals surface area (Å²) < 4.78 is 25.7. The standard InChI is InChI=1S/C20H26N2O3S/c1-4-17-11-13-19(14-12-17)22(26(3,24)25)16-15-20(23)21(5-2)18-9-7-6-8-10-18/h6-14H,4-5,15-16H2,1-3H3. The molecule has 0 aliphatic rings. The number of hydrogen-bond donors (Lipinski definition) is 0. The predicted octanol–water partition coefficient (Wildman–Crippen LogP) is 3.46. The molecule has 0 saturated carbocycles. The first kappa shape index (κ1) is 20.0. The van der Waals surface area contributed by atoms with Crippen molar-refractivity contribution in [2.75, 3.05) is 28.6 Å². The lowest BCUT2D eigenvalue weighted by molar-refractivity contribution is -0.118. The molecule has 2 aromatic carbocycles. The van der Waals surface area contributed by atoms with E-state index in [0.717, 1.165) is 17.7 Å². The topological polar surface area (TPSA) is 57.7 Å². The summed E-state index contributed by atoms with van der Waals surface area (Å²) in [5.74, 6) is -0.0995. The molecule has 0 unspecified atom stereocenters. The summed E-state index contributed by atoms with van der Waals surface area (Å²) in [6.07, 6.45) is 2.17. The second kappa shape index (κ2) is 8.85. The molecule has 6 heteroatoms. The van der Waals surface area contributed by atoms with Gasteiger partial charge in [0.05, 0.1) is 11.9 Å². The number of carbonyl (C=O) groups excluding carboxylic acids is 1. The van der Waals surface area contributed by atoms with Crippen LogP contribution >= 0.6 is 0 Å². The Morgan fingerprint density at radius 2 is 1.54 bits per heavy atom. The summed E-state index contributed by atoms with van der Waals surface area (Å²) in [5.41, 5.74) is 2.54. The van der Waals surface area contributed by atoms with E-state index in [2.05, 4.69) is 0 Å². The van der Waals surface area contributed by atoms with Gasteiger partial charge in [0.2, 0.25) is 15.9 Å². The minimum Gasteiger partial charge on any atom is -0.313 e. The van der Waals surface area contributed by atoms with Gasteiger partial charge in [0.25, 0.3) is 0 Å². The Kier molecular flexibility index (Phi) is 6.80. The van der Waals surface area contributed by atoms with Crippen molar-refractivity contribution in [2.45, 2.75) is 26.7 Å². The van der Waals surface area contributed by atoms with Crippen molar-refractivity contribution in [3.8, 4) is 0 Å². The smallest absolute Gasteiger partial charge is 0.232 e. The van der Waals surface area contributed by atoms with Crippen molar-refractivity contribution < 1.29 is 13.2 Å². The molecular weight excluding hydrogens is 348 g/mol. The Morgan fingerprint density at radius 3 is 2.04 bits per heavy atom. The Hall–Kier alpha value is -2.34. The van der Waals surface area contributed by atoms with Crippen molar-refractivity contribution in [3.05, 3.63) is 60.2 Å². The van der Waals surface area contributed by atoms with Crippen molar-refractivity contribution in [2.24, 2.45) is 0 Å². The van der Waals surface area contributed by atoms with E-state index in [0.29, 0.717) is 12.2 Å². The highest BCUT2D eigenvalue weighted by Crippen LogP contribution is 2.20. The van der Waals surface area contributed by atoms with Gasteiger partial charge in [-0.05, 0) is 43.2 Å². The third kappa shape index (κ3) is 5.08. The van der Waals surface area contributed by atoms with E-state index < -0.39 is 10.0 Å². The van der Waals surface area contributed by atoms with Crippen LogP contribution in [0.4, 0.5) is 11.4 Å². The number of nitrogens with zero attached hydrogens (tertiary/aromatic N) is 2. The summed E-state index contributed by atoms with van der Waals surface area (Å²) >= 11 is 0. The number of carbonyl (C=O) groups is 1. The van der Waals surface area contributed by atoms with E-state index in [-0.39, 0.29) is 18.9 Å². The number of aryl methyl sites for hydroxylation is 1. The highest BCUT2D eigenvalue weighted by molar-refractivity contribution is 7.92. The monoisotopic (exact) mass is 374 g/mol. The Morgan fingerprint density at radius 1 is 0.923 bits per heavy atom. The van der Waals surface area contributed by atoms with E-state index in [1.54, 1.807) is 17.0 Å². The third-order valence-corrected chi connectivity index (χ3v) is 5.44. The van der Waals surface area contributed by atoms with Gasteiger partial charge in [0.1, 0.15) is 0 Å². The SMILES string of the molecule is CCc1ccc(N(CCC(=O)N(CC)c2ccccc2)S(C)(=O)=O)cc1. The average Bonchev–Trinajstić information content (AvgIpc) is 2.63. The number of amides is 1. The van der Waals surface area contributed by atoms with E-state index in [9.17, 15) is 13.2 Å². The van der Waals surface area contributed by atoms with Crippen LogP contribution < -0.4 is 9.21 Å². The zero-order valence-electron chi connectivity index (χ0n) is 15.6. The highest BCUT2D eigenvalue weighted by Gasteiger charge is 2.21. The van der Waals surface area contributed by atoms with Crippen LogP contribution in [0.15, 0.2) is 54.6 Å². The summed E-state index contributed by atoms with van der Waals surface area (Å²) in [4.78, 5) is 14.3. The van der Waals surface area contributed by atoms with Crippen LogP contribution in [-0.4, -0.2) is 33.7 Å². The molecule has 26 heavy (non-hydrogen) atoms.